The van der Waals surface area contributed by atoms with Crippen molar-refractivity contribution in [1.29, 1.82) is 0 Å². The molecule has 0 bridgehead atoms. The molecule has 0 aliphatic rings. The van der Waals surface area contributed by atoms with Crippen LogP contribution in [0.4, 0.5) is 4.39 Å². The standard InChI is InChI=1S/C26H29FN4O7S/c1-17-8-9-19(27)13-24(17)39(37,38)31(16-25(34)30(2)36)15-23(33)21(12-18-6-4-3-5-7-18)29-26(35)22-14-20(32)10-11-28-22/h3-11,13-14,21,23,33,36H,12,15-16H2,1-2H3,(H,28,32)(H,29,35). The number of aliphatic hydroxyl groups is 1. The van der Waals surface area contributed by atoms with Crippen molar-refractivity contribution >= 4 is 21.8 Å². The van der Waals surface area contributed by atoms with E-state index in [0.29, 0.717) is 9.87 Å². The molecule has 2 amide bonds. The van der Waals surface area contributed by atoms with E-state index in [1.807, 2.05) is 0 Å². The summed E-state index contributed by atoms with van der Waals surface area (Å²) in [7, 11) is -3.54. The minimum atomic E-state index is -4.55. The Morgan fingerprint density at radius 1 is 1.10 bits per heavy atom. The molecule has 2 atom stereocenters. The highest BCUT2D eigenvalue weighted by atomic mass is 32.2. The van der Waals surface area contributed by atoms with Gasteiger partial charge in [-0.05, 0) is 42.7 Å². The Hall–Kier alpha value is -3.91. The molecule has 208 valence electrons. The third kappa shape index (κ3) is 7.80. The lowest BCUT2D eigenvalue weighted by Crippen LogP contribution is -2.52. The van der Waals surface area contributed by atoms with Crippen LogP contribution < -0.4 is 5.32 Å². The Balaban J connectivity index is 1.96. The molecule has 0 radical (unpaired) electrons. The summed E-state index contributed by atoms with van der Waals surface area (Å²) in [4.78, 5) is 28.7. The summed E-state index contributed by atoms with van der Waals surface area (Å²) in [6, 6.07) is 13.2. The summed E-state index contributed by atoms with van der Waals surface area (Å²) in [6.45, 7) is -0.118. The summed E-state index contributed by atoms with van der Waals surface area (Å²) >= 11 is 0. The number of sulfonamides is 1. The van der Waals surface area contributed by atoms with E-state index in [2.05, 4.69) is 10.3 Å². The van der Waals surface area contributed by atoms with E-state index >= 15 is 0 Å². The second-order valence-corrected chi connectivity index (χ2v) is 10.8. The summed E-state index contributed by atoms with van der Waals surface area (Å²) < 4.78 is 41.7. The van der Waals surface area contributed by atoms with E-state index in [9.17, 15) is 37.8 Å². The number of nitrogens with zero attached hydrogens (tertiary/aromatic N) is 3. The molecule has 3 aromatic rings. The fourth-order valence-electron chi connectivity index (χ4n) is 3.76. The fourth-order valence-corrected chi connectivity index (χ4v) is 5.41. The van der Waals surface area contributed by atoms with E-state index in [4.69, 9.17) is 0 Å². The van der Waals surface area contributed by atoms with E-state index in [0.717, 1.165) is 25.2 Å². The Labute approximate surface area is 225 Å². The molecule has 2 aromatic carbocycles. The number of aliphatic hydroxyl groups excluding tert-OH is 1. The lowest BCUT2D eigenvalue weighted by atomic mass is 10.0. The van der Waals surface area contributed by atoms with Crippen molar-refractivity contribution < 1.29 is 37.8 Å². The molecule has 0 aliphatic carbocycles. The number of carbonyl (C=O) groups is 2. The lowest BCUT2D eigenvalue weighted by Gasteiger charge is -2.30. The van der Waals surface area contributed by atoms with Crippen LogP contribution in [-0.2, 0) is 21.2 Å². The van der Waals surface area contributed by atoms with Crippen molar-refractivity contribution in [3.05, 3.63) is 89.5 Å². The van der Waals surface area contributed by atoms with Crippen molar-refractivity contribution in [1.82, 2.24) is 19.7 Å². The number of aryl methyl sites for hydroxylation is 1. The minimum absolute atomic E-state index is 0.0628. The molecule has 1 aromatic heterocycles. The van der Waals surface area contributed by atoms with Crippen molar-refractivity contribution in [2.24, 2.45) is 0 Å². The zero-order valence-electron chi connectivity index (χ0n) is 21.2. The Morgan fingerprint density at radius 3 is 2.44 bits per heavy atom. The molecule has 1 heterocycles. The first kappa shape index (κ1) is 29.6. The molecule has 39 heavy (non-hydrogen) atoms. The second kappa shape index (κ2) is 12.8. The lowest BCUT2D eigenvalue weighted by molar-refractivity contribution is -0.159. The van der Waals surface area contributed by atoms with Gasteiger partial charge in [0, 0.05) is 25.9 Å². The second-order valence-electron chi connectivity index (χ2n) is 8.86. The Morgan fingerprint density at radius 2 is 1.79 bits per heavy atom. The Bertz CT molecular complexity index is 1420. The van der Waals surface area contributed by atoms with Gasteiger partial charge >= 0.3 is 0 Å². The number of aromatic hydroxyl groups is 1. The summed E-state index contributed by atoms with van der Waals surface area (Å²) in [6.07, 6.45) is -0.292. The minimum Gasteiger partial charge on any atom is -0.508 e. The van der Waals surface area contributed by atoms with Crippen LogP contribution in [-0.4, -0.2) is 82.3 Å². The normalized spacial score (nSPS) is 13.1. The number of rotatable bonds is 11. The van der Waals surface area contributed by atoms with E-state index in [1.54, 1.807) is 30.3 Å². The summed E-state index contributed by atoms with van der Waals surface area (Å²) in [5.74, 6) is -2.78. The number of aromatic nitrogens is 1. The van der Waals surface area contributed by atoms with Crippen LogP contribution in [0.3, 0.4) is 0 Å². The zero-order valence-corrected chi connectivity index (χ0v) is 22.0. The first-order chi connectivity index (χ1) is 18.4. The smallest absolute Gasteiger partial charge is 0.270 e. The van der Waals surface area contributed by atoms with Crippen molar-refractivity contribution in [3.63, 3.8) is 0 Å². The maximum Gasteiger partial charge on any atom is 0.270 e. The number of halogens is 1. The van der Waals surface area contributed by atoms with Gasteiger partial charge in [-0.3, -0.25) is 19.8 Å². The number of carbonyl (C=O) groups excluding carboxylic acids is 2. The highest BCUT2D eigenvalue weighted by Gasteiger charge is 2.34. The predicted molar refractivity (Wildman–Crippen MR) is 138 cm³/mol. The molecule has 0 spiro atoms. The molecule has 0 aliphatic heterocycles. The molecular weight excluding hydrogens is 531 g/mol. The number of hydrogen-bond donors (Lipinski definition) is 4. The highest BCUT2D eigenvalue weighted by Crippen LogP contribution is 2.22. The molecule has 0 saturated carbocycles. The maximum absolute atomic E-state index is 14.0. The molecule has 0 fully saturated rings. The van der Waals surface area contributed by atoms with Crippen molar-refractivity contribution in [3.8, 4) is 5.75 Å². The van der Waals surface area contributed by atoms with Crippen LogP contribution in [0.25, 0.3) is 0 Å². The number of nitrogens with one attached hydrogen (secondary N) is 1. The van der Waals surface area contributed by atoms with Crippen LogP contribution in [0, 0.1) is 12.7 Å². The van der Waals surface area contributed by atoms with Crippen molar-refractivity contribution in [2.45, 2.75) is 30.4 Å². The van der Waals surface area contributed by atoms with Gasteiger partial charge in [-0.2, -0.15) is 4.31 Å². The van der Waals surface area contributed by atoms with Gasteiger partial charge in [0.2, 0.25) is 10.0 Å². The summed E-state index contributed by atoms with van der Waals surface area (Å²) in [5, 5.41) is 33.3. The molecule has 3 rings (SSSR count). The molecule has 0 saturated heterocycles. The van der Waals surface area contributed by atoms with E-state index in [1.165, 1.54) is 25.3 Å². The van der Waals surface area contributed by atoms with Gasteiger partial charge in [0.15, 0.2) is 0 Å². The van der Waals surface area contributed by atoms with Crippen LogP contribution in [0.1, 0.15) is 21.6 Å². The van der Waals surface area contributed by atoms with Gasteiger partial charge in [0.05, 0.1) is 23.6 Å². The number of hydroxylamine groups is 2. The van der Waals surface area contributed by atoms with Crippen LogP contribution in [0.5, 0.6) is 5.75 Å². The highest BCUT2D eigenvalue weighted by molar-refractivity contribution is 7.89. The number of likely N-dealkylation sites (N-methyl/N-ethyl adjacent to an activating group) is 1. The van der Waals surface area contributed by atoms with Gasteiger partial charge in [0.1, 0.15) is 17.3 Å². The predicted octanol–water partition coefficient (Wildman–Crippen LogP) is 1.48. The number of hydrogen-bond acceptors (Lipinski definition) is 8. The maximum atomic E-state index is 14.0. The van der Waals surface area contributed by atoms with E-state index < -0.39 is 57.8 Å². The van der Waals surface area contributed by atoms with Crippen LogP contribution in [0.15, 0.2) is 71.8 Å². The summed E-state index contributed by atoms with van der Waals surface area (Å²) in [5.41, 5.74) is 0.759. The topological polar surface area (TPSA) is 160 Å². The number of benzene rings is 2. The average molecular weight is 561 g/mol. The molecule has 11 nitrogen and oxygen atoms in total. The SMILES string of the molecule is Cc1ccc(F)cc1S(=O)(=O)N(CC(=O)N(C)O)CC(O)C(Cc1ccccc1)NC(=O)c1cc(O)ccn1. The zero-order chi connectivity index (χ0) is 28.7. The Kier molecular flexibility index (Phi) is 9.70. The van der Waals surface area contributed by atoms with Gasteiger partial charge in [-0.1, -0.05) is 36.4 Å². The molecular formula is C26H29FN4O7S. The molecule has 13 heteroatoms. The quantitative estimate of drug-likeness (QED) is 0.203. The number of amides is 2. The van der Waals surface area contributed by atoms with Gasteiger partial charge < -0.3 is 15.5 Å². The van der Waals surface area contributed by atoms with Gasteiger partial charge in [-0.15, -0.1) is 0 Å². The van der Waals surface area contributed by atoms with Crippen LogP contribution in [0.2, 0.25) is 0 Å². The third-order valence-corrected chi connectivity index (χ3v) is 7.84. The van der Waals surface area contributed by atoms with E-state index in [-0.39, 0.29) is 28.5 Å². The first-order valence-electron chi connectivity index (χ1n) is 11.8. The van der Waals surface area contributed by atoms with Gasteiger partial charge in [-0.25, -0.2) is 17.9 Å². The third-order valence-electron chi connectivity index (χ3n) is 5.89. The largest absolute Gasteiger partial charge is 0.508 e. The fraction of sp³-hybridized carbons (Fsp3) is 0.269. The van der Waals surface area contributed by atoms with Crippen molar-refractivity contribution in [2.75, 3.05) is 20.1 Å². The molecule has 2 unspecified atom stereocenters. The van der Waals surface area contributed by atoms with Crippen LogP contribution >= 0.6 is 0 Å². The molecule has 4 N–H and O–H groups in total. The monoisotopic (exact) mass is 560 g/mol. The first-order valence-corrected chi connectivity index (χ1v) is 13.2. The van der Waals surface area contributed by atoms with Gasteiger partial charge in [0.25, 0.3) is 11.8 Å². The number of pyridine rings is 1. The average Bonchev–Trinajstić information content (AvgIpc) is 2.89.